The van der Waals surface area contributed by atoms with Gasteiger partial charge in [-0.1, -0.05) is 48.9 Å². The van der Waals surface area contributed by atoms with Crippen LogP contribution in [0, 0.1) is 0 Å². The first-order valence-electron chi connectivity index (χ1n) is 13.6. The second kappa shape index (κ2) is 12.3. The minimum Gasteiger partial charge on any atom is -0.491 e. The van der Waals surface area contributed by atoms with Gasteiger partial charge in [0, 0.05) is 44.7 Å². The number of rotatable bonds is 8. The molecule has 10 nitrogen and oxygen atoms in total. The summed E-state index contributed by atoms with van der Waals surface area (Å²) in [7, 11) is 0. The van der Waals surface area contributed by atoms with Crippen molar-refractivity contribution in [2.45, 2.75) is 57.6 Å². The lowest BCUT2D eigenvalue weighted by Crippen LogP contribution is -2.54. The van der Waals surface area contributed by atoms with E-state index in [1.807, 2.05) is 51.1 Å². The molecule has 1 aromatic heterocycles. The van der Waals surface area contributed by atoms with Crippen molar-refractivity contribution in [3.63, 3.8) is 0 Å². The second-order valence-electron chi connectivity index (χ2n) is 11.5. The van der Waals surface area contributed by atoms with Gasteiger partial charge >= 0.3 is 12.1 Å². The highest BCUT2D eigenvalue weighted by atomic mass is 35.5. The van der Waals surface area contributed by atoms with Gasteiger partial charge in [-0.25, -0.2) is 14.6 Å². The molecule has 0 bridgehead atoms. The number of carbonyl (C=O) groups excluding carboxylic acids is 3. The molecule has 2 aliphatic heterocycles. The van der Waals surface area contributed by atoms with Crippen LogP contribution in [0.4, 0.5) is 9.59 Å². The van der Waals surface area contributed by atoms with E-state index in [1.165, 1.54) is 11.8 Å². The van der Waals surface area contributed by atoms with E-state index >= 15 is 0 Å². The summed E-state index contributed by atoms with van der Waals surface area (Å²) in [4.78, 5) is 45.3. The van der Waals surface area contributed by atoms with E-state index in [1.54, 1.807) is 15.9 Å². The number of piperidine rings is 1. The number of carbonyl (C=O) groups is 3. The lowest BCUT2D eigenvalue weighted by Gasteiger charge is -2.39. The van der Waals surface area contributed by atoms with Gasteiger partial charge in [-0.15, -0.1) is 0 Å². The van der Waals surface area contributed by atoms with Gasteiger partial charge in [-0.05, 0) is 39.2 Å². The molecule has 2 saturated heterocycles. The Morgan fingerprint density at radius 3 is 2.55 bits per heavy atom. The second-order valence-corrected chi connectivity index (χ2v) is 11.9. The maximum atomic E-state index is 12.7. The molecule has 2 aromatic rings. The Balaban J connectivity index is 1.22. The minimum absolute atomic E-state index is 0.0991. The maximum absolute atomic E-state index is 12.7. The van der Waals surface area contributed by atoms with Crippen molar-refractivity contribution >= 4 is 29.6 Å². The van der Waals surface area contributed by atoms with E-state index in [4.69, 9.17) is 21.1 Å². The quantitative estimate of drug-likeness (QED) is 0.484. The number of nitrogens with one attached hydrogen (secondary N) is 2. The Labute approximate surface area is 240 Å². The van der Waals surface area contributed by atoms with Crippen LogP contribution >= 0.6 is 11.6 Å². The number of urea groups is 1. The number of aromatic nitrogens is 1. The fourth-order valence-corrected chi connectivity index (χ4v) is 5.09. The molecule has 2 N–H and O–H groups in total. The van der Waals surface area contributed by atoms with Crippen LogP contribution in [0.25, 0.3) is 0 Å². The van der Waals surface area contributed by atoms with Gasteiger partial charge in [-0.2, -0.15) is 0 Å². The Morgan fingerprint density at radius 1 is 1.20 bits per heavy atom. The van der Waals surface area contributed by atoms with Crippen LogP contribution in [0.2, 0.25) is 5.02 Å². The fraction of sp³-hybridized carbons (Fsp3) is 0.517. The van der Waals surface area contributed by atoms with Crippen molar-refractivity contribution in [1.29, 1.82) is 0 Å². The number of hydrogen-bond donors (Lipinski definition) is 2. The van der Waals surface area contributed by atoms with Gasteiger partial charge in [0.15, 0.2) is 0 Å². The topological polar surface area (TPSA) is 113 Å². The molecule has 4 rings (SSSR count). The molecule has 1 spiro atoms. The van der Waals surface area contributed by atoms with Crippen LogP contribution in [-0.2, 0) is 4.74 Å². The van der Waals surface area contributed by atoms with Gasteiger partial charge in [-0.3, -0.25) is 4.79 Å². The number of halogens is 1. The van der Waals surface area contributed by atoms with E-state index in [0.29, 0.717) is 51.4 Å². The predicted octanol–water partition coefficient (Wildman–Crippen LogP) is 4.44. The third-order valence-electron chi connectivity index (χ3n) is 7.09. The standard InChI is InChI=1S/C29H38ClN5O5/c1-20(21-8-6-5-7-9-21)18-39-22-16-23(30)24(32-17-22)25(36)31-12-15-35-19-29(33-26(35)37)10-13-34(14-11-29)27(38)40-28(2,3)4/h5-9,16-17,20H,10-15,18-19H2,1-4H3,(H,31,36)(H,33,37). The predicted molar refractivity (Wildman–Crippen MR) is 152 cm³/mol. The first-order valence-corrected chi connectivity index (χ1v) is 14.0. The molecule has 0 aliphatic carbocycles. The molecule has 0 saturated carbocycles. The van der Waals surface area contributed by atoms with Crippen molar-refractivity contribution in [1.82, 2.24) is 25.4 Å². The summed E-state index contributed by atoms with van der Waals surface area (Å²) in [6.07, 6.45) is 2.43. The smallest absolute Gasteiger partial charge is 0.410 e. The molecule has 216 valence electrons. The summed E-state index contributed by atoms with van der Waals surface area (Å²) in [6.45, 7) is 10.2. The zero-order valence-corrected chi connectivity index (χ0v) is 24.3. The minimum atomic E-state index is -0.550. The Morgan fingerprint density at radius 2 is 1.90 bits per heavy atom. The molecular weight excluding hydrogens is 534 g/mol. The van der Waals surface area contributed by atoms with Gasteiger partial charge < -0.3 is 29.9 Å². The molecule has 2 fully saturated rings. The van der Waals surface area contributed by atoms with E-state index < -0.39 is 17.0 Å². The number of ether oxygens (including phenoxy) is 2. The largest absolute Gasteiger partial charge is 0.491 e. The first kappa shape index (κ1) is 29.5. The summed E-state index contributed by atoms with van der Waals surface area (Å²) >= 11 is 6.34. The highest BCUT2D eigenvalue weighted by molar-refractivity contribution is 6.33. The van der Waals surface area contributed by atoms with Gasteiger partial charge in [0.25, 0.3) is 5.91 Å². The first-order chi connectivity index (χ1) is 18.9. The monoisotopic (exact) mass is 571 g/mol. The lowest BCUT2D eigenvalue weighted by atomic mass is 9.88. The van der Waals surface area contributed by atoms with Crippen LogP contribution < -0.4 is 15.4 Å². The van der Waals surface area contributed by atoms with Crippen molar-refractivity contribution < 1.29 is 23.9 Å². The van der Waals surface area contributed by atoms with E-state index in [0.717, 1.165) is 0 Å². The lowest BCUT2D eigenvalue weighted by molar-refractivity contribution is 0.0161. The Bertz CT molecular complexity index is 1210. The number of benzene rings is 1. The third-order valence-corrected chi connectivity index (χ3v) is 7.38. The van der Waals surface area contributed by atoms with Gasteiger partial charge in [0.05, 0.1) is 23.4 Å². The molecule has 3 heterocycles. The van der Waals surface area contributed by atoms with Crippen molar-refractivity contribution in [2.24, 2.45) is 0 Å². The molecular formula is C29H38ClN5O5. The number of amides is 4. The highest BCUT2D eigenvalue weighted by Crippen LogP contribution is 2.29. The summed E-state index contributed by atoms with van der Waals surface area (Å²) in [5.74, 6) is 0.248. The van der Waals surface area contributed by atoms with Gasteiger partial charge in [0.2, 0.25) is 0 Å². The molecule has 2 aliphatic rings. The summed E-state index contributed by atoms with van der Waals surface area (Å²) < 4.78 is 11.3. The molecule has 1 aromatic carbocycles. The van der Waals surface area contributed by atoms with E-state index in [2.05, 4.69) is 22.5 Å². The van der Waals surface area contributed by atoms with Crippen molar-refractivity contribution in [3.05, 3.63) is 58.9 Å². The highest BCUT2D eigenvalue weighted by Gasteiger charge is 2.45. The molecule has 1 atom stereocenters. The van der Waals surface area contributed by atoms with Crippen LogP contribution in [0.3, 0.4) is 0 Å². The van der Waals surface area contributed by atoms with Crippen molar-refractivity contribution in [3.8, 4) is 5.75 Å². The van der Waals surface area contributed by atoms with E-state index in [9.17, 15) is 14.4 Å². The third kappa shape index (κ3) is 7.56. The Hall–Kier alpha value is -3.53. The number of hydrogen-bond acceptors (Lipinski definition) is 6. The average molecular weight is 572 g/mol. The van der Waals surface area contributed by atoms with Crippen molar-refractivity contribution in [2.75, 3.05) is 39.3 Å². The van der Waals surface area contributed by atoms with Gasteiger partial charge in [0.1, 0.15) is 17.0 Å². The summed E-state index contributed by atoms with van der Waals surface area (Å²) in [5, 5.41) is 6.08. The summed E-state index contributed by atoms with van der Waals surface area (Å²) in [5.41, 5.74) is 0.327. The zero-order chi connectivity index (χ0) is 28.9. The fourth-order valence-electron chi connectivity index (χ4n) is 4.84. The zero-order valence-electron chi connectivity index (χ0n) is 23.5. The normalized spacial score (nSPS) is 17.4. The van der Waals surface area contributed by atoms with Crippen LogP contribution in [0.1, 0.15) is 62.5 Å². The number of pyridine rings is 1. The van der Waals surface area contributed by atoms with Crippen LogP contribution in [-0.4, -0.2) is 83.3 Å². The molecule has 1 unspecified atom stereocenters. The SMILES string of the molecule is CC(COc1cnc(C(=O)NCCN2CC3(CCN(C(=O)OC(C)(C)C)CC3)NC2=O)c(Cl)c1)c1ccccc1. The number of likely N-dealkylation sites (tertiary alicyclic amines) is 1. The van der Waals surface area contributed by atoms with Crippen LogP contribution in [0.5, 0.6) is 5.75 Å². The van der Waals surface area contributed by atoms with E-state index in [-0.39, 0.29) is 35.3 Å². The van der Waals surface area contributed by atoms with Crippen LogP contribution in [0.15, 0.2) is 42.6 Å². The molecule has 0 radical (unpaired) electrons. The Kier molecular flexibility index (Phi) is 9.08. The average Bonchev–Trinajstić information content (AvgIpc) is 3.21. The maximum Gasteiger partial charge on any atom is 0.410 e. The molecule has 40 heavy (non-hydrogen) atoms. The molecule has 4 amide bonds. The molecule has 11 heteroatoms. The number of nitrogens with zero attached hydrogens (tertiary/aromatic N) is 3. The summed E-state index contributed by atoms with van der Waals surface area (Å²) in [6, 6.07) is 11.5.